The van der Waals surface area contributed by atoms with E-state index in [4.69, 9.17) is 9.47 Å². The van der Waals surface area contributed by atoms with Crippen LogP contribution in [0.5, 0.6) is 11.5 Å². The molecular formula is C22H25N3O4S. The van der Waals surface area contributed by atoms with Gasteiger partial charge in [-0.25, -0.2) is 4.98 Å². The van der Waals surface area contributed by atoms with Gasteiger partial charge in [0.05, 0.1) is 31.4 Å². The molecule has 2 aromatic heterocycles. The number of ether oxygens (including phenoxy) is 2. The highest BCUT2D eigenvalue weighted by atomic mass is 32.1. The third kappa shape index (κ3) is 4.33. The molecule has 0 unspecified atom stereocenters. The zero-order valence-corrected chi connectivity index (χ0v) is 18.0. The molecule has 4 rings (SSSR count). The Morgan fingerprint density at radius 1 is 1.27 bits per heavy atom. The van der Waals surface area contributed by atoms with Gasteiger partial charge in [-0.3, -0.25) is 14.2 Å². The van der Waals surface area contributed by atoms with Crippen molar-refractivity contribution in [2.24, 2.45) is 0 Å². The lowest BCUT2D eigenvalue weighted by Crippen LogP contribution is -2.32. The summed E-state index contributed by atoms with van der Waals surface area (Å²) in [5, 5.41) is 4.60. The Balaban J connectivity index is 1.43. The van der Waals surface area contributed by atoms with E-state index in [1.165, 1.54) is 19.0 Å². The number of amides is 1. The maximum Gasteiger partial charge on any atom is 0.261 e. The van der Waals surface area contributed by atoms with Gasteiger partial charge in [-0.05, 0) is 47.7 Å². The molecule has 0 bridgehead atoms. The number of thiophene rings is 1. The SMILES string of the molecule is COc1cc2ncn(CCCC(=O)N(Cc3ccsc3)C3CC3)c(=O)c2cc1OC. The van der Waals surface area contributed by atoms with Crippen LogP contribution in [0.25, 0.3) is 10.9 Å². The Bertz CT molecular complexity index is 1090. The molecule has 1 aliphatic rings. The second kappa shape index (κ2) is 8.87. The fourth-order valence-electron chi connectivity index (χ4n) is 3.58. The average Bonchev–Trinajstić information content (AvgIpc) is 3.47. The Labute approximate surface area is 178 Å². The van der Waals surface area contributed by atoms with Gasteiger partial charge in [0.2, 0.25) is 5.91 Å². The van der Waals surface area contributed by atoms with E-state index in [0.29, 0.717) is 54.4 Å². The minimum absolute atomic E-state index is 0.147. The largest absolute Gasteiger partial charge is 0.493 e. The van der Waals surface area contributed by atoms with Gasteiger partial charge in [0.1, 0.15) is 0 Å². The number of aryl methyl sites for hydroxylation is 1. The molecule has 1 saturated carbocycles. The molecule has 7 nitrogen and oxygen atoms in total. The number of fused-ring (bicyclic) bond motifs is 1. The molecule has 0 saturated heterocycles. The molecule has 0 atom stereocenters. The van der Waals surface area contributed by atoms with Crippen LogP contribution >= 0.6 is 11.3 Å². The van der Waals surface area contributed by atoms with Crippen molar-refractivity contribution in [1.82, 2.24) is 14.5 Å². The van der Waals surface area contributed by atoms with Crippen molar-refractivity contribution >= 4 is 28.1 Å². The first-order valence-electron chi connectivity index (χ1n) is 10.0. The number of aromatic nitrogens is 2. The van der Waals surface area contributed by atoms with E-state index in [0.717, 1.165) is 12.8 Å². The molecule has 0 N–H and O–H groups in total. The van der Waals surface area contributed by atoms with E-state index in [1.54, 1.807) is 35.1 Å². The Hall–Kier alpha value is -2.87. The number of carbonyl (C=O) groups is 1. The summed E-state index contributed by atoms with van der Waals surface area (Å²) >= 11 is 1.65. The maximum absolute atomic E-state index is 12.9. The molecule has 0 aliphatic heterocycles. The number of hydrogen-bond acceptors (Lipinski definition) is 6. The number of methoxy groups -OCH3 is 2. The zero-order chi connectivity index (χ0) is 21.1. The normalized spacial score (nSPS) is 13.4. The molecule has 0 spiro atoms. The summed E-state index contributed by atoms with van der Waals surface area (Å²) < 4.78 is 12.1. The maximum atomic E-state index is 12.9. The summed E-state index contributed by atoms with van der Waals surface area (Å²) in [6.45, 7) is 1.12. The molecule has 8 heteroatoms. The predicted octanol–water partition coefficient (Wildman–Crippen LogP) is 3.45. The summed E-state index contributed by atoms with van der Waals surface area (Å²) in [7, 11) is 3.08. The summed E-state index contributed by atoms with van der Waals surface area (Å²) in [5.41, 5.74) is 1.59. The van der Waals surface area contributed by atoms with Crippen molar-refractivity contribution < 1.29 is 14.3 Å². The van der Waals surface area contributed by atoms with Crippen molar-refractivity contribution in [2.75, 3.05) is 14.2 Å². The van der Waals surface area contributed by atoms with Crippen LogP contribution in [-0.4, -0.2) is 40.6 Å². The third-order valence-corrected chi connectivity index (χ3v) is 6.09. The molecule has 1 amide bonds. The van der Waals surface area contributed by atoms with Crippen molar-refractivity contribution in [2.45, 2.75) is 44.8 Å². The molecule has 30 heavy (non-hydrogen) atoms. The van der Waals surface area contributed by atoms with Gasteiger partial charge in [-0.15, -0.1) is 0 Å². The first kappa shape index (κ1) is 20.4. The number of hydrogen-bond donors (Lipinski definition) is 0. The first-order chi connectivity index (χ1) is 14.6. The third-order valence-electron chi connectivity index (χ3n) is 5.36. The highest BCUT2D eigenvalue weighted by Crippen LogP contribution is 2.30. The van der Waals surface area contributed by atoms with Gasteiger partial charge in [0.25, 0.3) is 5.56 Å². The lowest BCUT2D eigenvalue weighted by molar-refractivity contribution is -0.132. The van der Waals surface area contributed by atoms with Crippen molar-refractivity contribution in [1.29, 1.82) is 0 Å². The van der Waals surface area contributed by atoms with Crippen molar-refractivity contribution in [3.05, 3.63) is 51.2 Å². The first-order valence-corrected chi connectivity index (χ1v) is 11.0. The number of rotatable bonds is 9. The van der Waals surface area contributed by atoms with Gasteiger partial charge >= 0.3 is 0 Å². The molecule has 3 aromatic rings. The minimum atomic E-state index is -0.147. The second-order valence-electron chi connectivity index (χ2n) is 7.46. The van der Waals surface area contributed by atoms with Gasteiger partial charge < -0.3 is 14.4 Å². The standard InChI is InChI=1S/C22H25N3O4S/c1-28-19-10-17-18(11-20(19)29-2)23-14-24(22(17)27)8-3-4-21(26)25(16-5-6-16)12-15-7-9-30-13-15/h7,9-11,13-14,16H,3-6,8,12H2,1-2H3. The van der Waals surface area contributed by atoms with Gasteiger partial charge in [-0.1, -0.05) is 0 Å². The second-order valence-corrected chi connectivity index (χ2v) is 8.24. The zero-order valence-electron chi connectivity index (χ0n) is 17.2. The Morgan fingerprint density at radius 2 is 2.03 bits per heavy atom. The van der Waals surface area contributed by atoms with E-state index in [2.05, 4.69) is 16.4 Å². The quantitative estimate of drug-likeness (QED) is 0.523. The molecule has 1 aliphatic carbocycles. The minimum Gasteiger partial charge on any atom is -0.493 e. The molecule has 2 heterocycles. The van der Waals surface area contributed by atoms with E-state index >= 15 is 0 Å². The van der Waals surface area contributed by atoms with E-state index in [-0.39, 0.29) is 11.5 Å². The van der Waals surface area contributed by atoms with Crippen LogP contribution in [0, 0.1) is 0 Å². The molecule has 158 valence electrons. The highest BCUT2D eigenvalue weighted by molar-refractivity contribution is 7.07. The Kier molecular flexibility index (Phi) is 6.03. The van der Waals surface area contributed by atoms with Crippen LogP contribution in [0.1, 0.15) is 31.2 Å². The van der Waals surface area contributed by atoms with E-state index in [9.17, 15) is 9.59 Å². The topological polar surface area (TPSA) is 73.7 Å². The van der Waals surface area contributed by atoms with Crippen LogP contribution in [0.15, 0.2) is 40.1 Å². The summed E-state index contributed by atoms with van der Waals surface area (Å²) in [6.07, 6.45) is 4.69. The lowest BCUT2D eigenvalue weighted by Gasteiger charge is -2.22. The van der Waals surface area contributed by atoms with Gasteiger partial charge in [0, 0.05) is 31.6 Å². The molecule has 0 radical (unpaired) electrons. The molecule has 1 aromatic carbocycles. The van der Waals surface area contributed by atoms with E-state index in [1.807, 2.05) is 10.3 Å². The Morgan fingerprint density at radius 3 is 2.70 bits per heavy atom. The van der Waals surface area contributed by atoms with Crippen molar-refractivity contribution in [3.8, 4) is 11.5 Å². The van der Waals surface area contributed by atoms with E-state index < -0.39 is 0 Å². The summed E-state index contributed by atoms with van der Waals surface area (Å²) in [4.78, 5) is 32.0. The lowest BCUT2D eigenvalue weighted by atomic mass is 10.2. The van der Waals surface area contributed by atoms with Crippen LogP contribution < -0.4 is 15.0 Å². The van der Waals surface area contributed by atoms with Crippen LogP contribution in [0.3, 0.4) is 0 Å². The van der Waals surface area contributed by atoms with Crippen molar-refractivity contribution in [3.63, 3.8) is 0 Å². The monoisotopic (exact) mass is 427 g/mol. The number of carbonyl (C=O) groups excluding carboxylic acids is 1. The smallest absolute Gasteiger partial charge is 0.261 e. The van der Waals surface area contributed by atoms with Crippen LogP contribution in [0.4, 0.5) is 0 Å². The fourth-order valence-corrected chi connectivity index (χ4v) is 4.24. The van der Waals surface area contributed by atoms with Crippen LogP contribution in [0.2, 0.25) is 0 Å². The summed E-state index contributed by atoms with van der Waals surface area (Å²) in [6, 6.07) is 5.78. The van der Waals surface area contributed by atoms with Gasteiger partial charge in [0.15, 0.2) is 11.5 Å². The summed E-state index contributed by atoms with van der Waals surface area (Å²) in [5.74, 6) is 1.17. The number of nitrogens with zero attached hydrogens (tertiary/aromatic N) is 3. The predicted molar refractivity (Wildman–Crippen MR) is 116 cm³/mol. The highest BCUT2D eigenvalue weighted by Gasteiger charge is 2.32. The van der Waals surface area contributed by atoms with Crippen LogP contribution in [-0.2, 0) is 17.9 Å². The number of benzene rings is 1. The van der Waals surface area contributed by atoms with Gasteiger partial charge in [-0.2, -0.15) is 11.3 Å². The molecular weight excluding hydrogens is 402 g/mol. The molecule has 1 fully saturated rings. The average molecular weight is 428 g/mol. The fraction of sp³-hybridized carbons (Fsp3) is 0.409.